The van der Waals surface area contributed by atoms with Crippen molar-refractivity contribution in [1.82, 2.24) is 10.1 Å². The van der Waals surface area contributed by atoms with E-state index in [9.17, 15) is 9.59 Å². The van der Waals surface area contributed by atoms with E-state index >= 15 is 0 Å². The topological polar surface area (TPSA) is 105 Å². The number of carboxylic acids is 1. The van der Waals surface area contributed by atoms with Gasteiger partial charge >= 0.3 is 5.97 Å². The number of nitrogens with one attached hydrogen (secondary N) is 1. The Morgan fingerprint density at radius 2 is 1.77 bits per heavy atom. The molecule has 0 saturated carbocycles. The highest BCUT2D eigenvalue weighted by atomic mass is 16.5. The molecule has 2 N–H and O–H groups in total. The van der Waals surface area contributed by atoms with Gasteiger partial charge in [0, 0.05) is 24.1 Å². The Kier molecular flexibility index (Phi) is 5.07. The van der Waals surface area contributed by atoms with E-state index in [4.69, 9.17) is 9.63 Å². The van der Waals surface area contributed by atoms with Crippen molar-refractivity contribution in [3.63, 3.8) is 0 Å². The van der Waals surface area contributed by atoms with Gasteiger partial charge in [-0.05, 0) is 31.2 Å². The van der Waals surface area contributed by atoms with Crippen LogP contribution in [0.15, 0.2) is 53.1 Å². The van der Waals surface area contributed by atoms with Crippen LogP contribution in [-0.2, 0) is 11.2 Å². The van der Waals surface area contributed by atoms with E-state index in [1.807, 2.05) is 31.2 Å². The molecule has 1 aromatic heterocycles. The lowest BCUT2D eigenvalue weighted by molar-refractivity contribution is -0.116. The molecule has 26 heavy (non-hydrogen) atoms. The van der Waals surface area contributed by atoms with Crippen LogP contribution < -0.4 is 5.32 Å². The maximum Gasteiger partial charge on any atom is 0.335 e. The maximum atomic E-state index is 12.0. The van der Waals surface area contributed by atoms with Crippen molar-refractivity contribution in [2.45, 2.75) is 19.8 Å². The second-order valence-electron chi connectivity index (χ2n) is 5.81. The van der Waals surface area contributed by atoms with E-state index in [1.165, 1.54) is 12.1 Å². The third-order valence-electron chi connectivity index (χ3n) is 3.76. The number of anilines is 1. The summed E-state index contributed by atoms with van der Waals surface area (Å²) < 4.78 is 5.19. The first-order valence-electron chi connectivity index (χ1n) is 8.04. The number of benzene rings is 2. The Bertz CT molecular complexity index is 915. The molecule has 0 aliphatic carbocycles. The highest BCUT2D eigenvalue weighted by molar-refractivity contribution is 5.92. The van der Waals surface area contributed by atoms with Crippen LogP contribution in [0, 0.1) is 6.92 Å². The fraction of sp³-hybridized carbons (Fsp3) is 0.158. The van der Waals surface area contributed by atoms with Gasteiger partial charge in [0.1, 0.15) is 0 Å². The third kappa shape index (κ3) is 4.32. The number of amides is 1. The fourth-order valence-corrected chi connectivity index (χ4v) is 2.32. The summed E-state index contributed by atoms with van der Waals surface area (Å²) in [5, 5.41) is 15.5. The summed E-state index contributed by atoms with van der Waals surface area (Å²) in [4.78, 5) is 27.1. The zero-order valence-corrected chi connectivity index (χ0v) is 14.1. The first-order chi connectivity index (χ1) is 12.5. The molecule has 7 heteroatoms. The number of rotatable bonds is 6. The predicted octanol–water partition coefficient (Wildman–Crippen LogP) is 3.31. The lowest BCUT2D eigenvalue weighted by Gasteiger charge is -2.04. The molecule has 0 fully saturated rings. The first kappa shape index (κ1) is 17.3. The number of aromatic carboxylic acids is 1. The molecule has 3 aromatic rings. The molecule has 3 rings (SSSR count). The van der Waals surface area contributed by atoms with Gasteiger partial charge in [0.05, 0.1) is 5.56 Å². The zero-order valence-electron chi connectivity index (χ0n) is 14.1. The maximum absolute atomic E-state index is 12.0. The van der Waals surface area contributed by atoms with Crippen LogP contribution in [0.25, 0.3) is 11.4 Å². The Morgan fingerprint density at radius 3 is 2.42 bits per heavy atom. The molecule has 0 atom stereocenters. The number of aryl methyl sites for hydroxylation is 2. The summed E-state index contributed by atoms with van der Waals surface area (Å²) in [6.07, 6.45) is 0.494. The molecule has 0 spiro atoms. The molecule has 0 aliphatic rings. The smallest absolute Gasteiger partial charge is 0.335 e. The van der Waals surface area contributed by atoms with Crippen molar-refractivity contribution in [3.8, 4) is 11.4 Å². The molecule has 0 radical (unpaired) electrons. The van der Waals surface area contributed by atoms with Crippen molar-refractivity contribution in [2.24, 2.45) is 0 Å². The lowest BCUT2D eigenvalue weighted by atomic mass is 10.1. The fourth-order valence-electron chi connectivity index (χ4n) is 2.32. The summed E-state index contributed by atoms with van der Waals surface area (Å²) in [5.41, 5.74) is 2.70. The van der Waals surface area contributed by atoms with Gasteiger partial charge in [0.15, 0.2) is 0 Å². The minimum absolute atomic E-state index is 0.164. The second kappa shape index (κ2) is 7.60. The average molecular weight is 351 g/mol. The molecular formula is C19H17N3O4. The van der Waals surface area contributed by atoms with Crippen LogP contribution in [0.2, 0.25) is 0 Å². The molecule has 0 bridgehead atoms. The van der Waals surface area contributed by atoms with Gasteiger partial charge in [-0.1, -0.05) is 35.0 Å². The van der Waals surface area contributed by atoms with E-state index in [0.717, 1.165) is 11.1 Å². The minimum atomic E-state index is -1.01. The molecule has 132 valence electrons. The summed E-state index contributed by atoms with van der Waals surface area (Å²) >= 11 is 0. The quantitative estimate of drug-likeness (QED) is 0.706. The van der Waals surface area contributed by atoms with Crippen molar-refractivity contribution in [1.29, 1.82) is 0 Å². The van der Waals surface area contributed by atoms with Crippen LogP contribution in [0.4, 0.5) is 5.69 Å². The number of hydrogen-bond donors (Lipinski definition) is 2. The van der Waals surface area contributed by atoms with E-state index in [-0.39, 0.29) is 17.9 Å². The summed E-state index contributed by atoms with van der Waals surface area (Å²) in [6.45, 7) is 2.00. The first-order valence-corrected chi connectivity index (χ1v) is 8.04. The summed E-state index contributed by atoms with van der Waals surface area (Å²) in [6, 6.07) is 13.7. The highest BCUT2D eigenvalue weighted by Gasteiger charge is 2.11. The van der Waals surface area contributed by atoms with Gasteiger partial charge < -0.3 is 14.9 Å². The number of nitrogens with zero attached hydrogens (tertiary/aromatic N) is 2. The van der Waals surface area contributed by atoms with Crippen LogP contribution >= 0.6 is 0 Å². The van der Waals surface area contributed by atoms with Crippen molar-refractivity contribution < 1.29 is 19.2 Å². The van der Waals surface area contributed by atoms with Crippen LogP contribution in [0.5, 0.6) is 0 Å². The van der Waals surface area contributed by atoms with E-state index < -0.39 is 5.97 Å². The standard InChI is InChI=1S/C19H17N3O4/c1-12-2-4-13(5-3-12)18-21-17(26-22-18)11-10-16(23)20-15-8-6-14(7-9-15)19(24)25/h2-9H,10-11H2,1H3,(H,20,23)(H,24,25). The van der Waals surface area contributed by atoms with Crippen LogP contribution in [-0.4, -0.2) is 27.1 Å². The molecule has 0 aliphatic heterocycles. The Hall–Kier alpha value is -3.48. The molecular weight excluding hydrogens is 334 g/mol. The second-order valence-corrected chi connectivity index (χ2v) is 5.81. The molecule has 0 unspecified atom stereocenters. The largest absolute Gasteiger partial charge is 0.478 e. The number of carbonyl (C=O) groups is 2. The lowest BCUT2D eigenvalue weighted by Crippen LogP contribution is -2.12. The highest BCUT2D eigenvalue weighted by Crippen LogP contribution is 2.17. The van der Waals surface area contributed by atoms with E-state index in [2.05, 4.69) is 15.5 Å². The predicted molar refractivity (Wildman–Crippen MR) is 94.8 cm³/mol. The Balaban J connectivity index is 1.54. The van der Waals surface area contributed by atoms with Crippen molar-refractivity contribution in [3.05, 3.63) is 65.5 Å². The molecule has 0 saturated heterocycles. The average Bonchev–Trinajstić information content (AvgIpc) is 3.10. The van der Waals surface area contributed by atoms with Gasteiger partial charge in [-0.15, -0.1) is 0 Å². The van der Waals surface area contributed by atoms with Gasteiger partial charge in [-0.25, -0.2) is 4.79 Å². The normalized spacial score (nSPS) is 10.5. The molecule has 1 heterocycles. The number of aromatic nitrogens is 2. The minimum Gasteiger partial charge on any atom is -0.478 e. The summed E-state index contributed by atoms with van der Waals surface area (Å²) in [5.74, 6) is -0.353. The third-order valence-corrected chi connectivity index (χ3v) is 3.76. The van der Waals surface area contributed by atoms with Gasteiger partial charge in [-0.3, -0.25) is 4.79 Å². The molecule has 7 nitrogen and oxygen atoms in total. The Labute approximate surface area is 149 Å². The van der Waals surface area contributed by atoms with Crippen molar-refractivity contribution >= 4 is 17.6 Å². The van der Waals surface area contributed by atoms with Gasteiger partial charge in [0.2, 0.25) is 17.6 Å². The SMILES string of the molecule is Cc1ccc(-c2noc(CCC(=O)Nc3ccc(C(=O)O)cc3)n2)cc1. The molecule has 2 aromatic carbocycles. The zero-order chi connectivity index (χ0) is 18.5. The van der Waals surface area contributed by atoms with Crippen molar-refractivity contribution in [2.75, 3.05) is 5.32 Å². The van der Waals surface area contributed by atoms with E-state index in [0.29, 0.717) is 23.8 Å². The van der Waals surface area contributed by atoms with Crippen LogP contribution in [0.1, 0.15) is 28.2 Å². The molecule has 1 amide bonds. The summed E-state index contributed by atoms with van der Waals surface area (Å²) in [7, 11) is 0. The number of carboxylic acid groups (broad SMARTS) is 1. The number of carbonyl (C=O) groups excluding carboxylic acids is 1. The monoisotopic (exact) mass is 351 g/mol. The number of hydrogen-bond acceptors (Lipinski definition) is 5. The Morgan fingerprint density at radius 1 is 1.08 bits per heavy atom. The van der Waals surface area contributed by atoms with Gasteiger partial charge in [0.25, 0.3) is 0 Å². The van der Waals surface area contributed by atoms with Crippen LogP contribution in [0.3, 0.4) is 0 Å². The van der Waals surface area contributed by atoms with E-state index in [1.54, 1.807) is 12.1 Å². The van der Waals surface area contributed by atoms with Gasteiger partial charge in [-0.2, -0.15) is 4.98 Å².